The van der Waals surface area contributed by atoms with E-state index in [0.717, 1.165) is 17.5 Å². The highest BCUT2D eigenvalue weighted by molar-refractivity contribution is 6.02. The fourth-order valence-electron chi connectivity index (χ4n) is 3.06. The molecule has 0 bridgehead atoms. The Morgan fingerprint density at radius 2 is 1.75 bits per heavy atom. The van der Waals surface area contributed by atoms with Gasteiger partial charge in [0.25, 0.3) is 17.7 Å². The summed E-state index contributed by atoms with van der Waals surface area (Å²) in [5, 5.41) is 9.53. The van der Waals surface area contributed by atoms with Crippen molar-refractivity contribution in [3.63, 3.8) is 0 Å². The molecule has 32 heavy (non-hydrogen) atoms. The Kier molecular flexibility index (Phi) is 6.41. The van der Waals surface area contributed by atoms with Crippen LogP contribution in [0.1, 0.15) is 39.2 Å². The molecule has 0 saturated heterocycles. The minimum Gasteiger partial charge on any atom is -0.459 e. The molecule has 0 aliphatic carbocycles. The van der Waals surface area contributed by atoms with Crippen LogP contribution in [0.5, 0.6) is 0 Å². The maximum absolute atomic E-state index is 12.4. The van der Waals surface area contributed by atoms with Gasteiger partial charge in [0.05, 0.1) is 6.26 Å². The van der Waals surface area contributed by atoms with E-state index in [9.17, 15) is 9.59 Å². The first kappa shape index (κ1) is 21.0. The largest absolute Gasteiger partial charge is 0.459 e. The van der Waals surface area contributed by atoms with Crippen LogP contribution in [0, 0.1) is 0 Å². The molecule has 2 N–H and O–H groups in total. The molecule has 0 unspecified atom stereocenters. The van der Waals surface area contributed by atoms with Crippen molar-refractivity contribution in [1.82, 2.24) is 15.5 Å². The van der Waals surface area contributed by atoms with Gasteiger partial charge in [-0.15, -0.1) is 0 Å². The SMILES string of the molecule is CCc1noc(-c2ccc(CCNC(=O)c3ccc(NC(=O)c4ccco4)cc3)cc2)n1. The Morgan fingerprint density at radius 1 is 0.969 bits per heavy atom. The molecule has 2 heterocycles. The monoisotopic (exact) mass is 430 g/mol. The van der Waals surface area contributed by atoms with Gasteiger partial charge in [-0.3, -0.25) is 9.59 Å². The molecule has 2 amide bonds. The highest BCUT2D eigenvalue weighted by Gasteiger charge is 2.10. The number of carbonyl (C=O) groups is 2. The van der Waals surface area contributed by atoms with E-state index < -0.39 is 0 Å². The molecular formula is C24H22N4O4. The van der Waals surface area contributed by atoms with Crippen LogP contribution in [0.25, 0.3) is 11.5 Å². The van der Waals surface area contributed by atoms with Crippen molar-refractivity contribution in [2.24, 2.45) is 0 Å². The van der Waals surface area contributed by atoms with Crippen molar-refractivity contribution in [3.05, 3.63) is 89.6 Å². The van der Waals surface area contributed by atoms with Gasteiger partial charge in [0.15, 0.2) is 11.6 Å². The number of aromatic nitrogens is 2. The second-order valence-corrected chi connectivity index (χ2v) is 7.08. The molecule has 0 aliphatic rings. The Bertz CT molecular complexity index is 1180. The van der Waals surface area contributed by atoms with Gasteiger partial charge in [-0.05, 0) is 60.5 Å². The number of benzene rings is 2. The van der Waals surface area contributed by atoms with Crippen molar-refractivity contribution >= 4 is 17.5 Å². The summed E-state index contributed by atoms with van der Waals surface area (Å²) in [5.41, 5.74) is 3.04. The van der Waals surface area contributed by atoms with Gasteiger partial charge in [-0.1, -0.05) is 24.2 Å². The first-order valence-electron chi connectivity index (χ1n) is 10.3. The second kappa shape index (κ2) is 9.74. The molecule has 0 fully saturated rings. The number of rotatable bonds is 8. The minimum absolute atomic E-state index is 0.177. The number of anilines is 1. The summed E-state index contributed by atoms with van der Waals surface area (Å²) in [6.45, 7) is 2.47. The van der Waals surface area contributed by atoms with Crippen LogP contribution in [0.3, 0.4) is 0 Å². The van der Waals surface area contributed by atoms with Crippen LogP contribution in [0.4, 0.5) is 5.69 Å². The topological polar surface area (TPSA) is 110 Å². The number of nitrogens with one attached hydrogen (secondary N) is 2. The third-order valence-electron chi connectivity index (χ3n) is 4.83. The lowest BCUT2D eigenvalue weighted by Gasteiger charge is -2.07. The lowest BCUT2D eigenvalue weighted by atomic mass is 10.1. The van der Waals surface area contributed by atoms with E-state index in [4.69, 9.17) is 8.94 Å². The summed E-state index contributed by atoms with van der Waals surface area (Å²) in [7, 11) is 0. The molecule has 0 atom stereocenters. The molecule has 2 aromatic carbocycles. The number of furan rings is 1. The Balaban J connectivity index is 1.26. The maximum atomic E-state index is 12.4. The summed E-state index contributed by atoms with van der Waals surface area (Å²) >= 11 is 0. The molecule has 0 spiro atoms. The van der Waals surface area contributed by atoms with Crippen LogP contribution < -0.4 is 10.6 Å². The van der Waals surface area contributed by atoms with E-state index in [0.29, 0.717) is 35.9 Å². The quantitative estimate of drug-likeness (QED) is 0.435. The minimum atomic E-state index is -0.344. The number of aryl methyl sites for hydroxylation is 1. The Labute approximate surface area is 184 Å². The van der Waals surface area contributed by atoms with Gasteiger partial charge in [0.2, 0.25) is 0 Å². The number of hydrogen-bond donors (Lipinski definition) is 2. The summed E-state index contributed by atoms with van der Waals surface area (Å²) in [4.78, 5) is 28.7. The van der Waals surface area contributed by atoms with E-state index in [1.807, 2.05) is 31.2 Å². The molecule has 8 heteroatoms. The average Bonchev–Trinajstić information content (AvgIpc) is 3.52. The molecule has 4 rings (SSSR count). The van der Waals surface area contributed by atoms with Gasteiger partial charge >= 0.3 is 0 Å². The average molecular weight is 430 g/mol. The molecule has 2 aromatic heterocycles. The number of amides is 2. The highest BCUT2D eigenvalue weighted by atomic mass is 16.5. The lowest BCUT2D eigenvalue weighted by molar-refractivity contribution is 0.0953. The van der Waals surface area contributed by atoms with Crippen LogP contribution in [-0.2, 0) is 12.8 Å². The predicted molar refractivity (Wildman–Crippen MR) is 118 cm³/mol. The summed E-state index contributed by atoms with van der Waals surface area (Å²) in [6.07, 6.45) is 2.85. The third kappa shape index (κ3) is 5.10. The van der Waals surface area contributed by atoms with E-state index in [2.05, 4.69) is 20.8 Å². The standard InChI is InChI=1S/C24H22N4O4/c1-2-21-27-24(32-28-21)18-7-5-16(6-8-18)13-14-25-22(29)17-9-11-19(12-10-17)26-23(30)20-4-3-15-31-20/h3-12,15H,2,13-14H2,1H3,(H,25,29)(H,26,30). The maximum Gasteiger partial charge on any atom is 0.291 e. The van der Waals surface area contributed by atoms with Crippen molar-refractivity contribution in [3.8, 4) is 11.5 Å². The van der Waals surface area contributed by atoms with E-state index in [1.54, 1.807) is 36.4 Å². The predicted octanol–water partition coefficient (Wildman–Crippen LogP) is 4.12. The normalized spacial score (nSPS) is 10.7. The number of nitrogens with zero attached hydrogens (tertiary/aromatic N) is 2. The molecule has 0 aliphatic heterocycles. The van der Waals surface area contributed by atoms with Crippen molar-refractivity contribution in [1.29, 1.82) is 0 Å². The van der Waals surface area contributed by atoms with Crippen molar-refractivity contribution in [2.75, 3.05) is 11.9 Å². The van der Waals surface area contributed by atoms with Crippen LogP contribution in [0.15, 0.2) is 75.9 Å². The summed E-state index contributed by atoms with van der Waals surface area (Å²) in [6, 6.07) is 17.7. The summed E-state index contributed by atoms with van der Waals surface area (Å²) in [5.74, 6) is 0.888. The fraction of sp³-hybridized carbons (Fsp3) is 0.167. The van der Waals surface area contributed by atoms with E-state index >= 15 is 0 Å². The Hall–Kier alpha value is -4.20. The van der Waals surface area contributed by atoms with Crippen molar-refractivity contribution < 1.29 is 18.5 Å². The second-order valence-electron chi connectivity index (χ2n) is 7.08. The van der Waals surface area contributed by atoms with E-state index in [-0.39, 0.29) is 17.6 Å². The molecule has 8 nitrogen and oxygen atoms in total. The van der Waals surface area contributed by atoms with Crippen molar-refractivity contribution in [2.45, 2.75) is 19.8 Å². The highest BCUT2D eigenvalue weighted by Crippen LogP contribution is 2.18. The zero-order valence-electron chi connectivity index (χ0n) is 17.5. The van der Waals surface area contributed by atoms with Gasteiger partial charge in [-0.25, -0.2) is 0 Å². The van der Waals surface area contributed by atoms with Crippen LogP contribution in [0.2, 0.25) is 0 Å². The van der Waals surface area contributed by atoms with Gasteiger partial charge in [0, 0.05) is 29.8 Å². The zero-order chi connectivity index (χ0) is 22.3. The third-order valence-corrected chi connectivity index (χ3v) is 4.83. The lowest BCUT2D eigenvalue weighted by Crippen LogP contribution is -2.25. The molecule has 0 radical (unpaired) electrons. The first-order chi connectivity index (χ1) is 15.6. The molecule has 4 aromatic rings. The van der Waals surface area contributed by atoms with Gasteiger partial charge in [0.1, 0.15) is 0 Å². The van der Waals surface area contributed by atoms with Crippen LogP contribution >= 0.6 is 0 Å². The smallest absolute Gasteiger partial charge is 0.291 e. The number of hydrogen-bond acceptors (Lipinski definition) is 6. The molecule has 0 saturated carbocycles. The molecule has 162 valence electrons. The van der Waals surface area contributed by atoms with Gasteiger partial charge in [-0.2, -0.15) is 4.98 Å². The zero-order valence-corrected chi connectivity index (χ0v) is 17.5. The fourth-order valence-corrected chi connectivity index (χ4v) is 3.06. The Morgan fingerprint density at radius 3 is 2.41 bits per heavy atom. The summed E-state index contributed by atoms with van der Waals surface area (Å²) < 4.78 is 10.3. The number of carbonyl (C=O) groups excluding carboxylic acids is 2. The van der Waals surface area contributed by atoms with Gasteiger partial charge < -0.3 is 19.6 Å². The van der Waals surface area contributed by atoms with Crippen LogP contribution in [-0.4, -0.2) is 28.5 Å². The first-order valence-corrected chi connectivity index (χ1v) is 10.3. The molecular weight excluding hydrogens is 408 g/mol. The van der Waals surface area contributed by atoms with E-state index in [1.165, 1.54) is 6.26 Å².